The first-order chi connectivity index (χ1) is 12.6. The summed E-state index contributed by atoms with van der Waals surface area (Å²) >= 11 is 0. The lowest BCUT2D eigenvalue weighted by molar-refractivity contribution is 0.408. The topological polar surface area (TPSA) is 52.8 Å². The van der Waals surface area contributed by atoms with Gasteiger partial charge in [-0.05, 0) is 55.5 Å². The molecule has 3 aromatic rings. The first-order valence-corrected chi connectivity index (χ1v) is 8.45. The number of pyridine rings is 1. The molecule has 7 heteroatoms. The molecule has 0 spiro atoms. The summed E-state index contributed by atoms with van der Waals surface area (Å²) in [6, 6.07) is 6.30. The molecule has 1 aliphatic rings. The second-order valence-corrected chi connectivity index (χ2v) is 6.56. The van der Waals surface area contributed by atoms with Crippen molar-refractivity contribution in [3.63, 3.8) is 0 Å². The lowest BCUT2D eigenvalue weighted by Gasteiger charge is -2.16. The van der Waals surface area contributed by atoms with Crippen molar-refractivity contribution in [3.8, 4) is 17.0 Å². The molecule has 0 saturated heterocycles. The molecule has 5 nitrogen and oxygen atoms in total. The Balaban J connectivity index is 1.77. The maximum atomic E-state index is 14.3. The van der Waals surface area contributed by atoms with Crippen LogP contribution in [0.1, 0.15) is 30.1 Å². The van der Waals surface area contributed by atoms with E-state index in [9.17, 15) is 8.78 Å². The zero-order valence-electron chi connectivity index (χ0n) is 14.5. The van der Waals surface area contributed by atoms with Crippen LogP contribution in [0.5, 0.6) is 5.75 Å². The van der Waals surface area contributed by atoms with Crippen molar-refractivity contribution >= 4 is 0 Å². The van der Waals surface area contributed by atoms with Gasteiger partial charge in [0.15, 0.2) is 11.6 Å². The summed E-state index contributed by atoms with van der Waals surface area (Å²) in [4.78, 5) is 4.48. The highest BCUT2D eigenvalue weighted by Gasteiger charge is 2.36. The molecule has 0 radical (unpaired) electrons. The molecular formula is C19H18F2N4O. The number of benzene rings is 1. The molecule has 1 aliphatic carbocycles. The molecule has 0 unspecified atom stereocenters. The Morgan fingerprint density at radius 2 is 2.04 bits per heavy atom. The Kier molecular flexibility index (Phi) is 4.14. The minimum atomic E-state index is -0.993. The van der Waals surface area contributed by atoms with Crippen LogP contribution in [0, 0.1) is 24.5 Å². The predicted molar refractivity (Wildman–Crippen MR) is 91.8 cm³/mol. The summed E-state index contributed by atoms with van der Waals surface area (Å²) in [7, 11) is 1.41. The molecule has 0 aliphatic heterocycles. The Hall–Kier alpha value is -2.83. The van der Waals surface area contributed by atoms with Crippen LogP contribution in [-0.4, -0.2) is 27.1 Å². The third kappa shape index (κ3) is 2.94. The van der Waals surface area contributed by atoms with Gasteiger partial charge in [-0.1, -0.05) is 5.21 Å². The van der Waals surface area contributed by atoms with Gasteiger partial charge in [0.1, 0.15) is 11.4 Å². The van der Waals surface area contributed by atoms with Crippen LogP contribution in [0.2, 0.25) is 0 Å². The smallest absolute Gasteiger partial charge is 0.172 e. The Bertz CT molecular complexity index is 952. The van der Waals surface area contributed by atoms with Gasteiger partial charge >= 0.3 is 0 Å². The number of halogens is 2. The van der Waals surface area contributed by atoms with E-state index >= 15 is 0 Å². The van der Waals surface area contributed by atoms with Gasteiger partial charge in [0.2, 0.25) is 0 Å². The Labute approximate surface area is 149 Å². The van der Waals surface area contributed by atoms with Crippen LogP contribution < -0.4 is 4.74 Å². The first kappa shape index (κ1) is 16.6. The highest BCUT2D eigenvalue weighted by Crippen LogP contribution is 2.43. The number of aryl methyl sites for hydroxylation is 1. The fourth-order valence-electron chi connectivity index (χ4n) is 3.20. The SMILES string of the molecule is COc1ccc(F)c(F)c1-c1cn([C@@H](c2cc(C)ccn2)C2CC2)nn1. The Morgan fingerprint density at radius 3 is 2.73 bits per heavy atom. The fraction of sp³-hybridized carbons (Fsp3) is 0.316. The third-order valence-corrected chi connectivity index (χ3v) is 4.64. The van der Waals surface area contributed by atoms with E-state index in [1.807, 2.05) is 19.1 Å². The summed E-state index contributed by atoms with van der Waals surface area (Å²) in [5.41, 5.74) is 2.22. The van der Waals surface area contributed by atoms with Crippen molar-refractivity contribution in [2.45, 2.75) is 25.8 Å². The monoisotopic (exact) mass is 356 g/mol. The number of rotatable bonds is 5. The van der Waals surface area contributed by atoms with E-state index in [0.717, 1.165) is 30.2 Å². The lowest BCUT2D eigenvalue weighted by Crippen LogP contribution is -2.15. The number of nitrogens with zero attached hydrogens (tertiary/aromatic N) is 4. The van der Waals surface area contributed by atoms with E-state index in [4.69, 9.17) is 4.74 Å². The number of hydrogen-bond acceptors (Lipinski definition) is 4. The second-order valence-electron chi connectivity index (χ2n) is 6.56. The van der Waals surface area contributed by atoms with Crippen LogP contribution in [-0.2, 0) is 0 Å². The molecule has 2 heterocycles. The molecule has 1 saturated carbocycles. The normalized spacial score (nSPS) is 15.1. The summed E-state index contributed by atoms with van der Waals surface area (Å²) in [6.07, 6.45) is 5.56. The van der Waals surface area contributed by atoms with Crippen LogP contribution in [0.15, 0.2) is 36.7 Å². The van der Waals surface area contributed by atoms with Crippen molar-refractivity contribution in [2.75, 3.05) is 7.11 Å². The number of hydrogen-bond donors (Lipinski definition) is 0. The second kappa shape index (κ2) is 6.48. The molecule has 0 N–H and O–H groups in total. The van der Waals surface area contributed by atoms with Gasteiger partial charge < -0.3 is 4.74 Å². The molecule has 1 atom stereocenters. The zero-order chi connectivity index (χ0) is 18.3. The van der Waals surface area contributed by atoms with Crippen molar-refractivity contribution in [3.05, 3.63) is 59.6 Å². The minimum Gasteiger partial charge on any atom is -0.496 e. The summed E-state index contributed by atoms with van der Waals surface area (Å²) < 4.78 is 34.9. The molecule has 1 aromatic carbocycles. The third-order valence-electron chi connectivity index (χ3n) is 4.64. The van der Waals surface area contributed by atoms with Gasteiger partial charge in [-0.3, -0.25) is 4.98 Å². The van der Waals surface area contributed by atoms with Crippen molar-refractivity contribution in [2.24, 2.45) is 5.92 Å². The lowest BCUT2D eigenvalue weighted by atomic mass is 10.1. The molecule has 1 fully saturated rings. The van der Waals surface area contributed by atoms with E-state index in [1.165, 1.54) is 13.2 Å². The molecule has 134 valence electrons. The molecular weight excluding hydrogens is 338 g/mol. The summed E-state index contributed by atoms with van der Waals surface area (Å²) in [5, 5.41) is 8.26. The highest BCUT2D eigenvalue weighted by atomic mass is 19.2. The average molecular weight is 356 g/mol. The predicted octanol–water partition coefficient (Wildman–Crippen LogP) is 3.93. The molecule has 0 bridgehead atoms. The number of aromatic nitrogens is 4. The van der Waals surface area contributed by atoms with Crippen molar-refractivity contribution in [1.29, 1.82) is 0 Å². The first-order valence-electron chi connectivity index (χ1n) is 8.45. The summed E-state index contributed by atoms with van der Waals surface area (Å²) in [6.45, 7) is 2.01. The standard InChI is InChI=1S/C19H18F2N4O/c1-11-7-8-22-14(9-11)19(12-3-4-12)25-10-15(23-24-25)17-16(26-2)6-5-13(20)18(17)21/h5-10,12,19H,3-4H2,1-2H3/t19-/m1/s1. The molecule has 2 aromatic heterocycles. The van der Waals surface area contributed by atoms with E-state index in [0.29, 0.717) is 5.92 Å². The maximum absolute atomic E-state index is 14.3. The molecule has 26 heavy (non-hydrogen) atoms. The average Bonchev–Trinajstić information content (AvgIpc) is 3.35. The highest BCUT2D eigenvalue weighted by molar-refractivity contribution is 5.67. The summed E-state index contributed by atoms with van der Waals surface area (Å²) in [5.74, 6) is -1.31. The van der Waals surface area contributed by atoms with Crippen LogP contribution in [0.25, 0.3) is 11.3 Å². The molecule has 0 amide bonds. The fourth-order valence-corrected chi connectivity index (χ4v) is 3.20. The van der Waals surface area contributed by atoms with E-state index < -0.39 is 11.6 Å². The van der Waals surface area contributed by atoms with Gasteiger partial charge in [0, 0.05) is 6.20 Å². The number of methoxy groups -OCH3 is 1. The van der Waals surface area contributed by atoms with Gasteiger partial charge in [-0.25, -0.2) is 13.5 Å². The van der Waals surface area contributed by atoms with Crippen molar-refractivity contribution < 1.29 is 13.5 Å². The maximum Gasteiger partial charge on any atom is 0.172 e. The van der Waals surface area contributed by atoms with Crippen LogP contribution >= 0.6 is 0 Å². The van der Waals surface area contributed by atoms with Crippen molar-refractivity contribution in [1.82, 2.24) is 20.0 Å². The quantitative estimate of drug-likeness (QED) is 0.695. The molecule has 4 rings (SSSR count). The number of ether oxygens (including phenoxy) is 1. The van der Waals surface area contributed by atoms with E-state index in [-0.39, 0.29) is 23.0 Å². The van der Waals surface area contributed by atoms with Gasteiger partial charge in [0.05, 0.1) is 30.6 Å². The minimum absolute atomic E-state index is 0.0227. The van der Waals surface area contributed by atoms with Crippen LogP contribution in [0.3, 0.4) is 0 Å². The Morgan fingerprint density at radius 1 is 1.23 bits per heavy atom. The zero-order valence-corrected chi connectivity index (χ0v) is 14.5. The largest absolute Gasteiger partial charge is 0.496 e. The van der Waals surface area contributed by atoms with E-state index in [2.05, 4.69) is 15.3 Å². The van der Waals surface area contributed by atoms with Gasteiger partial charge in [0.25, 0.3) is 0 Å². The van der Waals surface area contributed by atoms with Gasteiger partial charge in [-0.2, -0.15) is 0 Å². The van der Waals surface area contributed by atoms with Gasteiger partial charge in [-0.15, -0.1) is 5.10 Å². The van der Waals surface area contributed by atoms with Crippen LogP contribution in [0.4, 0.5) is 8.78 Å². The van der Waals surface area contributed by atoms with E-state index in [1.54, 1.807) is 17.1 Å².